The Hall–Kier alpha value is -2.06. The normalized spacial score (nSPS) is 18.7. The van der Waals surface area contributed by atoms with Crippen LogP contribution in [0.1, 0.15) is 36.2 Å². The molecule has 2 rings (SSSR count). The van der Waals surface area contributed by atoms with E-state index in [2.05, 4.69) is 5.10 Å². The van der Waals surface area contributed by atoms with E-state index in [0.717, 1.165) is 17.5 Å². The van der Waals surface area contributed by atoms with Gasteiger partial charge in [0.25, 0.3) is 0 Å². The summed E-state index contributed by atoms with van der Waals surface area (Å²) in [6, 6.07) is -0.864. The maximum absolute atomic E-state index is 12.6. The minimum atomic E-state index is -4.40. The Morgan fingerprint density at radius 3 is 2.54 bits per heavy atom. The molecule has 1 amide bonds. The summed E-state index contributed by atoms with van der Waals surface area (Å²) in [7, 11) is 0. The van der Waals surface area contributed by atoms with Gasteiger partial charge < -0.3 is 10.0 Å². The first-order valence-electron chi connectivity index (χ1n) is 7.72. The summed E-state index contributed by atoms with van der Waals surface area (Å²) in [5.74, 6) is -1.44. The summed E-state index contributed by atoms with van der Waals surface area (Å²) < 4.78 is 38.5. The van der Waals surface area contributed by atoms with Crippen LogP contribution in [0, 0.1) is 13.8 Å². The van der Waals surface area contributed by atoms with E-state index in [1.165, 1.54) is 11.8 Å². The largest absolute Gasteiger partial charge is 0.480 e. The summed E-state index contributed by atoms with van der Waals surface area (Å²) in [5.41, 5.74) is 1.06. The number of nitrogens with zero attached hydrogens (tertiary/aromatic N) is 3. The molecular formula is C15H20F3N3O3. The number of aryl methyl sites for hydroxylation is 1. The standard InChI is InChI=1S/C15H20F3N3O3/c1-9-11(10(2)21(19-9)8-15(16,17)18)7-13(22)20-6-4-3-5-12(20)14(23)24/h12H,3-8H2,1-2H3,(H,23,24)/t12-/m0/s1. The van der Waals surface area contributed by atoms with Crippen LogP contribution in [0.2, 0.25) is 0 Å². The fourth-order valence-corrected chi connectivity index (χ4v) is 3.05. The van der Waals surface area contributed by atoms with Gasteiger partial charge >= 0.3 is 12.1 Å². The number of carbonyl (C=O) groups excluding carboxylic acids is 1. The Kier molecular flexibility index (Phi) is 5.19. The molecule has 1 atom stereocenters. The maximum atomic E-state index is 12.6. The number of hydrogen-bond donors (Lipinski definition) is 1. The van der Waals surface area contributed by atoms with E-state index >= 15 is 0 Å². The van der Waals surface area contributed by atoms with Gasteiger partial charge in [0, 0.05) is 17.8 Å². The first kappa shape index (κ1) is 18.3. The Labute approximate surface area is 137 Å². The van der Waals surface area contributed by atoms with Gasteiger partial charge in [0.15, 0.2) is 0 Å². The lowest BCUT2D eigenvalue weighted by Gasteiger charge is -2.33. The summed E-state index contributed by atoms with van der Waals surface area (Å²) in [6.07, 6.45) is -2.68. The molecule has 1 fully saturated rings. The summed E-state index contributed by atoms with van der Waals surface area (Å²) in [6.45, 7) is 2.17. The average molecular weight is 347 g/mol. The zero-order valence-electron chi connectivity index (χ0n) is 13.6. The number of aromatic nitrogens is 2. The van der Waals surface area contributed by atoms with Crippen LogP contribution in [-0.4, -0.2) is 50.4 Å². The molecule has 24 heavy (non-hydrogen) atoms. The van der Waals surface area contributed by atoms with Crippen LogP contribution in [-0.2, 0) is 22.6 Å². The van der Waals surface area contributed by atoms with E-state index in [1.54, 1.807) is 6.92 Å². The average Bonchev–Trinajstić information content (AvgIpc) is 2.72. The van der Waals surface area contributed by atoms with Crippen molar-refractivity contribution in [3.63, 3.8) is 0 Å². The third-order valence-electron chi connectivity index (χ3n) is 4.30. The van der Waals surface area contributed by atoms with Crippen LogP contribution in [0.4, 0.5) is 13.2 Å². The van der Waals surface area contributed by atoms with E-state index in [1.807, 2.05) is 0 Å². The van der Waals surface area contributed by atoms with Crippen LogP contribution in [0.3, 0.4) is 0 Å². The van der Waals surface area contributed by atoms with Gasteiger partial charge in [-0.2, -0.15) is 18.3 Å². The Morgan fingerprint density at radius 2 is 1.96 bits per heavy atom. The lowest BCUT2D eigenvalue weighted by molar-refractivity contribution is -0.151. The molecule has 134 valence electrons. The predicted molar refractivity (Wildman–Crippen MR) is 78.4 cm³/mol. The van der Waals surface area contributed by atoms with Crippen LogP contribution in [0.25, 0.3) is 0 Å². The number of piperidine rings is 1. The summed E-state index contributed by atoms with van der Waals surface area (Å²) in [4.78, 5) is 25.1. The molecule has 0 bridgehead atoms. The van der Waals surface area contributed by atoms with E-state index in [-0.39, 0.29) is 18.0 Å². The van der Waals surface area contributed by atoms with Crippen molar-refractivity contribution in [2.24, 2.45) is 0 Å². The molecule has 1 N–H and O–H groups in total. The van der Waals surface area contributed by atoms with E-state index in [4.69, 9.17) is 0 Å². The second kappa shape index (κ2) is 6.82. The monoisotopic (exact) mass is 347 g/mol. The molecule has 1 aliphatic rings. The number of hydrogen-bond acceptors (Lipinski definition) is 3. The van der Waals surface area contributed by atoms with Crippen molar-refractivity contribution in [3.05, 3.63) is 17.0 Å². The van der Waals surface area contributed by atoms with Crippen LogP contribution in [0.15, 0.2) is 0 Å². The van der Waals surface area contributed by atoms with Crippen molar-refractivity contribution in [3.8, 4) is 0 Å². The molecule has 0 spiro atoms. The van der Waals surface area contributed by atoms with E-state index in [9.17, 15) is 27.9 Å². The minimum absolute atomic E-state index is 0.140. The quantitative estimate of drug-likeness (QED) is 0.905. The third-order valence-corrected chi connectivity index (χ3v) is 4.30. The Balaban J connectivity index is 2.18. The number of aliphatic carboxylic acids is 1. The highest BCUT2D eigenvalue weighted by atomic mass is 19.4. The second-order valence-corrected chi connectivity index (χ2v) is 6.04. The highest BCUT2D eigenvalue weighted by Gasteiger charge is 2.33. The minimum Gasteiger partial charge on any atom is -0.480 e. The zero-order valence-corrected chi connectivity index (χ0v) is 13.6. The van der Waals surface area contributed by atoms with Gasteiger partial charge in [-0.25, -0.2) is 4.79 Å². The van der Waals surface area contributed by atoms with Gasteiger partial charge in [-0.1, -0.05) is 0 Å². The smallest absolute Gasteiger partial charge is 0.408 e. The fraction of sp³-hybridized carbons (Fsp3) is 0.667. The number of alkyl halides is 3. The van der Waals surface area contributed by atoms with Gasteiger partial charge in [0.2, 0.25) is 5.91 Å². The lowest BCUT2D eigenvalue weighted by atomic mass is 10.0. The molecular weight excluding hydrogens is 327 g/mol. The second-order valence-electron chi connectivity index (χ2n) is 6.04. The summed E-state index contributed by atoms with van der Waals surface area (Å²) in [5, 5.41) is 13.1. The molecule has 6 nitrogen and oxygen atoms in total. The highest BCUT2D eigenvalue weighted by Crippen LogP contribution is 2.23. The van der Waals surface area contributed by atoms with Crippen molar-refractivity contribution in [1.82, 2.24) is 14.7 Å². The molecule has 0 radical (unpaired) electrons. The van der Waals surface area contributed by atoms with Crippen molar-refractivity contribution >= 4 is 11.9 Å². The molecule has 0 saturated carbocycles. The van der Waals surface area contributed by atoms with Crippen LogP contribution < -0.4 is 0 Å². The van der Waals surface area contributed by atoms with Gasteiger partial charge in [-0.15, -0.1) is 0 Å². The van der Waals surface area contributed by atoms with Gasteiger partial charge in [-0.05, 0) is 33.1 Å². The van der Waals surface area contributed by atoms with Crippen LogP contribution in [0.5, 0.6) is 0 Å². The van der Waals surface area contributed by atoms with Crippen molar-refractivity contribution in [2.75, 3.05) is 6.54 Å². The van der Waals surface area contributed by atoms with E-state index in [0.29, 0.717) is 24.2 Å². The molecule has 0 aromatic carbocycles. The molecule has 1 aromatic heterocycles. The fourth-order valence-electron chi connectivity index (χ4n) is 3.05. The number of amides is 1. The molecule has 0 aliphatic carbocycles. The molecule has 1 aliphatic heterocycles. The first-order chi connectivity index (χ1) is 11.1. The number of halogens is 3. The summed E-state index contributed by atoms with van der Waals surface area (Å²) >= 11 is 0. The Morgan fingerprint density at radius 1 is 1.29 bits per heavy atom. The topological polar surface area (TPSA) is 75.4 Å². The zero-order chi connectivity index (χ0) is 18.1. The molecule has 1 aromatic rings. The Bertz CT molecular complexity index is 640. The number of likely N-dealkylation sites (tertiary alicyclic amines) is 1. The molecule has 0 unspecified atom stereocenters. The van der Waals surface area contributed by atoms with Gasteiger partial charge in [-0.3, -0.25) is 9.48 Å². The number of carboxylic acids is 1. The van der Waals surface area contributed by atoms with Crippen molar-refractivity contribution in [2.45, 2.75) is 58.3 Å². The lowest BCUT2D eigenvalue weighted by Crippen LogP contribution is -2.48. The van der Waals surface area contributed by atoms with Crippen molar-refractivity contribution < 1.29 is 27.9 Å². The number of rotatable bonds is 4. The molecule has 1 saturated heterocycles. The third kappa shape index (κ3) is 4.07. The highest BCUT2D eigenvalue weighted by molar-refractivity contribution is 5.85. The van der Waals surface area contributed by atoms with Crippen molar-refractivity contribution in [1.29, 1.82) is 0 Å². The molecule has 9 heteroatoms. The predicted octanol–water partition coefficient (Wildman–Crippen LogP) is 2.07. The SMILES string of the molecule is Cc1nn(CC(F)(F)F)c(C)c1CC(=O)N1CCCC[C@H]1C(=O)O. The van der Waals surface area contributed by atoms with E-state index < -0.39 is 24.7 Å². The van der Waals surface area contributed by atoms with Crippen LogP contribution >= 0.6 is 0 Å². The number of carbonyl (C=O) groups is 2. The number of carboxylic acid groups (broad SMARTS) is 1. The van der Waals surface area contributed by atoms with Gasteiger partial charge in [0.1, 0.15) is 12.6 Å². The molecule has 2 heterocycles. The maximum Gasteiger partial charge on any atom is 0.408 e. The van der Waals surface area contributed by atoms with Gasteiger partial charge in [0.05, 0.1) is 12.1 Å². The first-order valence-corrected chi connectivity index (χ1v) is 7.72.